The van der Waals surface area contributed by atoms with Gasteiger partial charge in [0.2, 0.25) is 10.0 Å². The number of piperidine rings is 1. The maximum atomic E-state index is 12.9. The minimum absolute atomic E-state index is 0. The van der Waals surface area contributed by atoms with Crippen LogP contribution in [0.5, 0.6) is 0 Å². The van der Waals surface area contributed by atoms with Gasteiger partial charge in [-0.2, -0.15) is 4.31 Å². The number of nitrogens with two attached hydrogens (primary N) is 1. The molecular formula is C17H23ClN2O4S2. The Labute approximate surface area is 163 Å². The van der Waals surface area contributed by atoms with Crippen LogP contribution in [0.15, 0.2) is 29.2 Å². The largest absolute Gasteiger partial charge is 0.462 e. The van der Waals surface area contributed by atoms with Gasteiger partial charge in [-0.25, -0.2) is 13.2 Å². The van der Waals surface area contributed by atoms with E-state index in [-0.39, 0.29) is 35.2 Å². The maximum absolute atomic E-state index is 12.9. The quantitative estimate of drug-likeness (QED) is 0.771. The molecule has 1 aromatic heterocycles. The summed E-state index contributed by atoms with van der Waals surface area (Å²) in [4.78, 5) is 12.6. The molecule has 0 radical (unpaired) electrons. The van der Waals surface area contributed by atoms with Crippen molar-refractivity contribution in [3.05, 3.63) is 29.1 Å². The first-order valence-electron chi connectivity index (χ1n) is 8.29. The highest BCUT2D eigenvalue weighted by Crippen LogP contribution is 2.30. The standard InChI is InChI=1S/C17H22N2O4S2.ClH/c1-3-23-17(20)16-9-12-8-13(4-5-15(12)24-16)25(21,22)19-7-6-14(18)11(2)10-19;/h4-5,8-9,11,14H,3,6-7,10,18H2,1-2H3;1H. The molecule has 0 saturated carbocycles. The maximum Gasteiger partial charge on any atom is 0.348 e. The van der Waals surface area contributed by atoms with E-state index < -0.39 is 10.0 Å². The fourth-order valence-electron chi connectivity index (χ4n) is 2.98. The summed E-state index contributed by atoms with van der Waals surface area (Å²) in [5.74, 6) is -0.254. The number of benzene rings is 1. The Morgan fingerprint density at radius 3 is 2.77 bits per heavy atom. The first kappa shape index (κ1) is 21.1. The summed E-state index contributed by atoms with van der Waals surface area (Å²) < 4.78 is 33.2. The van der Waals surface area contributed by atoms with E-state index in [4.69, 9.17) is 10.5 Å². The number of hydrogen-bond acceptors (Lipinski definition) is 6. The Morgan fingerprint density at radius 2 is 2.12 bits per heavy atom. The Balaban J connectivity index is 0.00000243. The number of fused-ring (bicyclic) bond motifs is 1. The number of esters is 1. The fraction of sp³-hybridized carbons (Fsp3) is 0.471. The van der Waals surface area contributed by atoms with Crippen LogP contribution in [0.4, 0.5) is 0 Å². The van der Waals surface area contributed by atoms with Gasteiger partial charge in [0, 0.05) is 23.8 Å². The lowest BCUT2D eigenvalue weighted by atomic mass is 9.96. The first-order chi connectivity index (χ1) is 11.8. The van der Waals surface area contributed by atoms with Gasteiger partial charge in [0.1, 0.15) is 4.88 Å². The van der Waals surface area contributed by atoms with Crippen LogP contribution in [0.3, 0.4) is 0 Å². The molecule has 1 saturated heterocycles. The predicted octanol–water partition coefficient (Wildman–Crippen LogP) is 2.86. The van der Waals surface area contributed by atoms with Crippen LogP contribution in [0.2, 0.25) is 0 Å². The second kappa shape index (κ2) is 8.22. The van der Waals surface area contributed by atoms with Crippen LogP contribution in [0, 0.1) is 5.92 Å². The third kappa shape index (κ3) is 4.04. The average molecular weight is 419 g/mol. The Morgan fingerprint density at radius 1 is 1.38 bits per heavy atom. The van der Waals surface area contributed by atoms with Crippen LogP contribution >= 0.6 is 23.7 Å². The molecule has 0 spiro atoms. The van der Waals surface area contributed by atoms with Gasteiger partial charge in [0.05, 0.1) is 11.5 Å². The van der Waals surface area contributed by atoms with Gasteiger partial charge < -0.3 is 10.5 Å². The number of sulfonamides is 1. The van der Waals surface area contributed by atoms with Gasteiger partial charge in [-0.15, -0.1) is 23.7 Å². The molecule has 144 valence electrons. The van der Waals surface area contributed by atoms with Crippen LogP contribution in [-0.2, 0) is 14.8 Å². The van der Waals surface area contributed by atoms with Crippen molar-refractivity contribution >= 4 is 49.8 Å². The third-order valence-corrected chi connectivity index (χ3v) is 7.49. The molecule has 2 heterocycles. The summed E-state index contributed by atoms with van der Waals surface area (Å²) >= 11 is 1.30. The van der Waals surface area contributed by atoms with E-state index in [0.29, 0.717) is 31.0 Å². The van der Waals surface area contributed by atoms with Crippen molar-refractivity contribution < 1.29 is 17.9 Å². The molecule has 9 heteroatoms. The SMILES string of the molecule is CCOC(=O)c1cc2cc(S(=O)(=O)N3CCC(N)C(C)C3)ccc2s1.Cl. The molecular weight excluding hydrogens is 396 g/mol. The van der Waals surface area contributed by atoms with Gasteiger partial charge in [0.25, 0.3) is 0 Å². The minimum Gasteiger partial charge on any atom is -0.462 e. The second-order valence-corrected chi connectivity index (χ2v) is 9.35. The molecule has 2 unspecified atom stereocenters. The van der Waals surface area contributed by atoms with Crippen LogP contribution in [0.1, 0.15) is 29.9 Å². The molecule has 1 aliphatic heterocycles. The zero-order valence-electron chi connectivity index (χ0n) is 14.7. The number of hydrogen-bond donors (Lipinski definition) is 1. The zero-order chi connectivity index (χ0) is 18.2. The molecule has 26 heavy (non-hydrogen) atoms. The monoisotopic (exact) mass is 418 g/mol. The van der Waals surface area contributed by atoms with Gasteiger partial charge in [-0.05, 0) is 48.9 Å². The highest BCUT2D eigenvalue weighted by Gasteiger charge is 2.32. The number of carbonyl (C=O) groups excluding carboxylic acids is 1. The van der Waals surface area contributed by atoms with Crippen LogP contribution < -0.4 is 5.73 Å². The molecule has 2 atom stereocenters. The topological polar surface area (TPSA) is 89.7 Å². The van der Waals surface area contributed by atoms with Crippen molar-refractivity contribution in [2.75, 3.05) is 19.7 Å². The molecule has 2 aromatic rings. The van der Waals surface area contributed by atoms with E-state index in [1.807, 2.05) is 6.92 Å². The molecule has 1 aliphatic rings. The minimum atomic E-state index is -3.56. The highest BCUT2D eigenvalue weighted by atomic mass is 35.5. The lowest BCUT2D eigenvalue weighted by Gasteiger charge is -2.34. The Bertz CT molecular complexity index is 897. The van der Waals surface area contributed by atoms with Gasteiger partial charge in [-0.1, -0.05) is 6.92 Å². The van der Waals surface area contributed by atoms with Gasteiger partial charge in [-0.3, -0.25) is 0 Å². The van der Waals surface area contributed by atoms with Crippen molar-refractivity contribution in [3.8, 4) is 0 Å². The highest BCUT2D eigenvalue weighted by molar-refractivity contribution is 7.89. The normalized spacial score (nSPS) is 21.3. The van der Waals surface area contributed by atoms with E-state index in [2.05, 4.69) is 0 Å². The number of halogens is 1. The molecule has 6 nitrogen and oxygen atoms in total. The molecule has 3 rings (SSSR count). The zero-order valence-corrected chi connectivity index (χ0v) is 17.1. The van der Waals surface area contributed by atoms with E-state index >= 15 is 0 Å². The van der Waals surface area contributed by atoms with Crippen molar-refractivity contribution in [2.45, 2.75) is 31.2 Å². The molecule has 0 bridgehead atoms. The summed E-state index contributed by atoms with van der Waals surface area (Å²) in [6.45, 7) is 4.90. The lowest BCUT2D eigenvalue weighted by molar-refractivity contribution is 0.0532. The molecule has 1 aromatic carbocycles. The van der Waals surface area contributed by atoms with Gasteiger partial charge >= 0.3 is 5.97 Å². The summed E-state index contributed by atoms with van der Waals surface area (Å²) in [6.07, 6.45) is 0.661. The molecule has 0 amide bonds. The van der Waals surface area contributed by atoms with Crippen molar-refractivity contribution in [1.82, 2.24) is 4.31 Å². The molecule has 2 N–H and O–H groups in total. The molecule has 1 fully saturated rings. The van der Waals surface area contributed by atoms with E-state index in [1.165, 1.54) is 15.6 Å². The van der Waals surface area contributed by atoms with Crippen molar-refractivity contribution in [2.24, 2.45) is 11.7 Å². The average Bonchev–Trinajstić information content (AvgIpc) is 3.00. The molecule has 0 aliphatic carbocycles. The summed E-state index contributed by atoms with van der Waals surface area (Å²) in [5.41, 5.74) is 5.99. The Kier molecular flexibility index (Phi) is 6.68. The number of thiophene rings is 1. The summed E-state index contributed by atoms with van der Waals surface area (Å²) in [6, 6.07) is 6.70. The fourth-order valence-corrected chi connectivity index (χ4v) is 5.51. The smallest absolute Gasteiger partial charge is 0.348 e. The van der Waals surface area contributed by atoms with Crippen molar-refractivity contribution in [3.63, 3.8) is 0 Å². The van der Waals surface area contributed by atoms with E-state index in [1.54, 1.807) is 31.2 Å². The summed E-state index contributed by atoms with van der Waals surface area (Å²) in [5, 5.41) is 0.732. The number of ether oxygens (including phenoxy) is 1. The predicted molar refractivity (Wildman–Crippen MR) is 106 cm³/mol. The van der Waals surface area contributed by atoms with E-state index in [0.717, 1.165) is 10.1 Å². The third-order valence-electron chi connectivity index (χ3n) is 4.54. The second-order valence-electron chi connectivity index (χ2n) is 6.32. The Hall–Kier alpha value is -1.19. The van der Waals surface area contributed by atoms with Crippen LogP contribution in [-0.4, -0.2) is 44.4 Å². The van der Waals surface area contributed by atoms with E-state index in [9.17, 15) is 13.2 Å². The number of carbonyl (C=O) groups is 1. The summed E-state index contributed by atoms with van der Waals surface area (Å²) in [7, 11) is -3.56. The van der Waals surface area contributed by atoms with Crippen molar-refractivity contribution in [1.29, 1.82) is 0 Å². The van der Waals surface area contributed by atoms with Crippen LogP contribution in [0.25, 0.3) is 10.1 Å². The number of nitrogens with zero attached hydrogens (tertiary/aromatic N) is 1. The number of rotatable bonds is 4. The first-order valence-corrected chi connectivity index (χ1v) is 10.5. The van der Waals surface area contributed by atoms with Gasteiger partial charge in [0.15, 0.2) is 0 Å². The lowest BCUT2D eigenvalue weighted by Crippen LogP contribution is -2.48.